The van der Waals surface area contributed by atoms with Gasteiger partial charge in [-0.2, -0.15) is 0 Å². The zero-order valence-corrected chi connectivity index (χ0v) is 25.6. The molecule has 3 aromatic rings. The van der Waals surface area contributed by atoms with Gasteiger partial charge in [-0.3, -0.25) is 14.5 Å². The van der Waals surface area contributed by atoms with Crippen LogP contribution in [0.15, 0.2) is 47.3 Å². The summed E-state index contributed by atoms with van der Waals surface area (Å²) in [6, 6.07) is 15.2. The maximum absolute atomic E-state index is 13.7. The fraction of sp³-hybridized carbons (Fsp3) is 0.486. The van der Waals surface area contributed by atoms with Crippen LogP contribution in [-0.4, -0.2) is 47.6 Å². The Morgan fingerprint density at radius 1 is 1.02 bits per heavy atom. The van der Waals surface area contributed by atoms with E-state index in [0.717, 1.165) is 66.0 Å². The van der Waals surface area contributed by atoms with Gasteiger partial charge < -0.3 is 20.4 Å². The summed E-state index contributed by atoms with van der Waals surface area (Å²) in [7, 11) is 0. The Bertz CT molecular complexity index is 1440. The van der Waals surface area contributed by atoms with Gasteiger partial charge in [-0.05, 0) is 112 Å². The molecular formula is C35H46N4O3. The van der Waals surface area contributed by atoms with Crippen molar-refractivity contribution in [1.29, 1.82) is 0 Å². The van der Waals surface area contributed by atoms with E-state index in [-0.39, 0.29) is 30.2 Å². The number of aromatic nitrogens is 1. The molecule has 2 aliphatic heterocycles. The van der Waals surface area contributed by atoms with Crippen LogP contribution in [0.4, 0.5) is 5.69 Å². The van der Waals surface area contributed by atoms with E-state index >= 15 is 0 Å². The van der Waals surface area contributed by atoms with Crippen molar-refractivity contribution in [3.05, 3.63) is 86.3 Å². The summed E-state index contributed by atoms with van der Waals surface area (Å²) in [5.41, 5.74) is 8.01. The number of aromatic amines is 1. The van der Waals surface area contributed by atoms with E-state index in [1.807, 2.05) is 32.9 Å². The maximum atomic E-state index is 13.7. The van der Waals surface area contributed by atoms with Gasteiger partial charge in [0.05, 0.1) is 6.10 Å². The second-order valence-corrected chi connectivity index (χ2v) is 12.1. The second kappa shape index (κ2) is 13.7. The third kappa shape index (κ3) is 7.31. The molecule has 0 spiro atoms. The molecule has 1 aromatic heterocycles. The van der Waals surface area contributed by atoms with E-state index in [1.54, 1.807) is 0 Å². The quantitative estimate of drug-likeness (QED) is 0.283. The third-order valence-corrected chi connectivity index (χ3v) is 8.90. The summed E-state index contributed by atoms with van der Waals surface area (Å²) >= 11 is 0. The van der Waals surface area contributed by atoms with E-state index in [9.17, 15) is 9.59 Å². The van der Waals surface area contributed by atoms with Gasteiger partial charge in [0.1, 0.15) is 0 Å². The number of likely N-dealkylation sites (tertiary alicyclic amines) is 1. The van der Waals surface area contributed by atoms with Crippen molar-refractivity contribution < 1.29 is 9.53 Å². The van der Waals surface area contributed by atoms with E-state index in [0.29, 0.717) is 11.1 Å². The minimum absolute atomic E-state index is 0.157. The molecule has 0 radical (unpaired) electrons. The molecule has 2 aliphatic rings. The Hall–Kier alpha value is -3.42. The first-order valence-corrected chi connectivity index (χ1v) is 15.6. The smallest absolute Gasteiger partial charge is 0.253 e. The molecule has 2 fully saturated rings. The van der Waals surface area contributed by atoms with Crippen molar-refractivity contribution in [2.45, 2.75) is 91.5 Å². The number of hydrogen-bond donors (Lipinski definition) is 3. The van der Waals surface area contributed by atoms with Crippen molar-refractivity contribution in [3.63, 3.8) is 0 Å². The number of pyridine rings is 1. The Balaban J connectivity index is 1.41. The van der Waals surface area contributed by atoms with Gasteiger partial charge in [-0.15, -0.1) is 0 Å². The number of amides is 1. The standard InChI is InChI=1S/C35H46N4O3/c1-5-30-20-29(13-16-42-30)38-33-19-28(27-11-9-26(10-12-27)22-39-14-7-6-8-15-39)18-31(25(33)4)34(40)36-21-32-23(2)17-24(3)37-35(32)41/h9-12,17-19,29-30,38H,5-8,13-16,20-22H2,1-4H3,(H,36,40)(H,37,41). The van der Waals surface area contributed by atoms with Crippen LogP contribution in [0.5, 0.6) is 0 Å². The highest BCUT2D eigenvalue weighted by Gasteiger charge is 2.23. The summed E-state index contributed by atoms with van der Waals surface area (Å²) in [6.45, 7) is 12.2. The molecule has 1 amide bonds. The van der Waals surface area contributed by atoms with Crippen LogP contribution >= 0.6 is 0 Å². The number of aryl methyl sites for hydroxylation is 2. The van der Waals surface area contributed by atoms with E-state index in [2.05, 4.69) is 57.8 Å². The molecule has 2 unspecified atom stereocenters. The molecule has 2 saturated heterocycles. The first-order valence-electron chi connectivity index (χ1n) is 15.6. The van der Waals surface area contributed by atoms with Crippen molar-refractivity contribution in [3.8, 4) is 11.1 Å². The fourth-order valence-corrected chi connectivity index (χ4v) is 6.33. The van der Waals surface area contributed by atoms with E-state index in [4.69, 9.17) is 4.74 Å². The molecule has 7 nitrogen and oxygen atoms in total. The molecule has 224 valence electrons. The minimum atomic E-state index is -0.183. The number of H-pyrrole nitrogens is 1. The van der Waals surface area contributed by atoms with Gasteiger partial charge in [-0.1, -0.05) is 37.6 Å². The van der Waals surface area contributed by atoms with Crippen LogP contribution in [0, 0.1) is 20.8 Å². The Labute approximate surface area is 250 Å². The number of benzene rings is 2. The molecule has 5 rings (SSSR count). The Morgan fingerprint density at radius 3 is 2.50 bits per heavy atom. The molecular weight excluding hydrogens is 524 g/mol. The van der Waals surface area contributed by atoms with E-state index in [1.165, 1.54) is 37.9 Å². The third-order valence-electron chi connectivity index (χ3n) is 8.90. The lowest BCUT2D eigenvalue weighted by Crippen LogP contribution is -2.34. The first-order chi connectivity index (χ1) is 20.3. The number of piperidine rings is 1. The number of carbonyl (C=O) groups excluding carboxylic acids is 1. The number of hydrogen-bond acceptors (Lipinski definition) is 5. The number of nitrogens with one attached hydrogen (secondary N) is 3. The van der Waals surface area contributed by atoms with Gasteiger partial charge in [0.25, 0.3) is 11.5 Å². The van der Waals surface area contributed by atoms with Crippen LogP contribution in [0.2, 0.25) is 0 Å². The van der Waals surface area contributed by atoms with Crippen LogP contribution < -0.4 is 16.2 Å². The van der Waals surface area contributed by atoms with Crippen LogP contribution in [0.3, 0.4) is 0 Å². The Morgan fingerprint density at radius 2 is 1.79 bits per heavy atom. The highest BCUT2D eigenvalue weighted by atomic mass is 16.5. The van der Waals surface area contributed by atoms with Gasteiger partial charge in [0, 0.05) is 48.2 Å². The Kier molecular flexibility index (Phi) is 9.80. The normalized spacial score (nSPS) is 19.4. The largest absolute Gasteiger partial charge is 0.382 e. The lowest BCUT2D eigenvalue weighted by molar-refractivity contribution is 0.00924. The molecule has 42 heavy (non-hydrogen) atoms. The number of rotatable bonds is 9. The van der Waals surface area contributed by atoms with Gasteiger partial charge in [0.2, 0.25) is 0 Å². The zero-order chi connectivity index (χ0) is 29.6. The van der Waals surface area contributed by atoms with Crippen molar-refractivity contribution >= 4 is 11.6 Å². The molecule has 2 aromatic carbocycles. The summed E-state index contributed by atoms with van der Waals surface area (Å²) in [5, 5.41) is 6.79. The SMILES string of the molecule is CCC1CC(Nc2cc(-c3ccc(CN4CCCCC4)cc3)cc(C(=O)NCc3c(C)cc(C)[nH]c3=O)c2C)CCO1. The van der Waals surface area contributed by atoms with Gasteiger partial charge in [-0.25, -0.2) is 0 Å². The fourth-order valence-electron chi connectivity index (χ4n) is 6.33. The molecule has 0 aliphatic carbocycles. The highest BCUT2D eigenvalue weighted by molar-refractivity contribution is 5.98. The topological polar surface area (TPSA) is 86.5 Å². The second-order valence-electron chi connectivity index (χ2n) is 12.1. The zero-order valence-electron chi connectivity index (χ0n) is 25.6. The molecule has 3 N–H and O–H groups in total. The molecule has 2 atom stereocenters. The summed E-state index contributed by atoms with van der Waals surface area (Å²) in [5.74, 6) is -0.183. The minimum Gasteiger partial charge on any atom is -0.382 e. The van der Waals surface area contributed by atoms with Crippen molar-refractivity contribution in [1.82, 2.24) is 15.2 Å². The first kappa shape index (κ1) is 30.1. The van der Waals surface area contributed by atoms with Gasteiger partial charge >= 0.3 is 0 Å². The van der Waals surface area contributed by atoms with Crippen LogP contribution in [0.1, 0.15) is 83.8 Å². The van der Waals surface area contributed by atoms with Gasteiger partial charge in [0.15, 0.2) is 0 Å². The van der Waals surface area contributed by atoms with Crippen LogP contribution in [0.25, 0.3) is 11.1 Å². The lowest BCUT2D eigenvalue weighted by Gasteiger charge is -2.31. The maximum Gasteiger partial charge on any atom is 0.253 e. The van der Waals surface area contributed by atoms with E-state index < -0.39 is 0 Å². The number of anilines is 1. The highest BCUT2D eigenvalue weighted by Crippen LogP contribution is 2.31. The average Bonchev–Trinajstić information content (AvgIpc) is 2.98. The summed E-state index contributed by atoms with van der Waals surface area (Å²) in [6.07, 6.45) is 7.03. The van der Waals surface area contributed by atoms with Crippen molar-refractivity contribution in [2.75, 3.05) is 25.0 Å². The molecule has 0 bridgehead atoms. The predicted octanol–water partition coefficient (Wildman–Crippen LogP) is 6.25. The summed E-state index contributed by atoms with van der Waals surface area (Å²) in [4.78, 5) is 31.6. The lowest BCUT2D eigenvalue weighted by atomic mass is 9.95. The monoisotopic (exact) mass is 570 g/mol. The summed E-state index contributed by atoms with van der Waals surface area (Å²) < 4.78 is 5.91. The number of carbonyl (C=O) groups is 1. The predicted molar refractivity (Wildman–Crippen MR) is 170 cm³/mol. The number of nitrogens with zero attached hydrogens (tertiary/aromatic N) is 1. The molecule has 7 heteroatoms. The van der Waals surface area contributed by atoms with Crippen molar-refractivity contribution in [2.24, 2.45) is 0 Å². The van der Waals surface area contributed by atoms with Crippen LogP contribution in [-0.2, 0) is 17.8 Å². The molecule has 3 heterocycles. The molecule has 0 saturated carbocycles. The number of ether oxygens (including phenoxy) is 1. The average molecular weight is 571 g/mol.